The number of hydrogen-bond acceptors (Lipinski definition) is 4. The summed E-state index contributed by atoms with van der Waals surface area (Å²) in [5, 5.41) is 9.42. The lowest BCUT2D eigenvalue weighted by Gasteiger charge is -2.24. The van der Waals surface area contributed by atoms with Gasteiger partial charge in [0.15, 0.2) is 0 Å². The van der Waals surface area contributed by atoms with Crippen LogP contribution in [-0.4, -0.2) is 43.5 Å². The van der Waals surface area contributed by atoms with E-state index in [2.05, 4.69) is 20.7 Å². The van der Waals surface area contributed by atoms with E-state index in [0.717, 1.165) is 31.2 Å². The molecule has 3 aliphatic rings. The van der Waals surface area contributed by atoms with Crippen molar-refractivity contribution in [1.82, 2.24) is 9.62 Å². The summed E-state index contributed by atoms with van der Waals surface area (Å²) in [5.41, 5.74) is 0.710. The second-order valence-corrected chi connectivity index (χ2v) is 10.6. The predicted octanol–water partition coefficient (Wildman–Crippen LogP) is 2.25. The molecule has 4 rings (SSSR count). The Hall–Kier alpha value is -0.960. The van der Waals surface area contributed by atoms with E-state index in [1.807, 2.05) is 13.0 Å². The fraction of sp³-hybridized carbons (Fsp3) is 0.611. The van der Waals surface area contributed by atoms with Gasteiger partial charge in [-0.1, -0.05) is 15.9 Å². The van der Waals surface area contributed by atoms with Crippen LogP contribution in [-0.2, 0) is 16.6 Å². The van der Waals surface area contributed by atoms with Crippen LogP contribution in [0.1, 0.15) is 48.5 Å². The first-order valence-corrected chi connectivity index (χ1v) is 11.3. The average molecular weight is 443 g/mol. The number of rotatable bonds is 7. The lowest BCUT2D eigenvalue weighted by Crippen LogP contribution is -2.36. The number of aliphatic hydroxyl groups is 1. The fourth-order valence-corrected chi connectivity index (χ4v) is 5.75. The van der Waals surface area contributed by atoms with Crippen LogP contribution in [0.2, 0.25) is 0 Å². The Morgan fingerprint density at radius 3 is 2.65 bits per heavy atom. The molecule has 0 bridgehead atoms. The maximum atomic E-state index is 13.0. The minimum Gasteiger partial charge on any atom is -0.396 e. The Morgan fingerprint density at radius 1 is 1.38 bits per heavy atom. The number of fused-ring (bicyclic) bond motifs is 1. The zero-order valence-corrected chi connectivity index (χ0v) is 17.1. The van der Waals surface area contributed by atoms with Crippen LogP contribution >= 0.6 is 15.9 Å². The summed E-state index contributed by atoms with van der Waals surface area (Å²) in [7, 11) is -3.84. The fourth-order valence-electron chi connectivity index (χ4n) is 3.67. The highest BCUT2D eigenvalue weighted by atomic mass is 79.9. The summed E-state index contributed by atoms with van der Waals surface area (Å²) in [6.07, 6.45) is 3.88. The van der Waals surface area contributed by atoms with Gasteiger partial charge in [-0.3, -0.25) is 4.79 Å². The highest BCUT2D eigenvalue weighted by molar-refractivity contribution is 9.10. The predicted molar refractivity (Wildman–Crippen MR) is 100 cm³/mol. The number of aliphatic hydroxyl groups excluding tert-OH is 1. The van der Waals surface area contributed by atoms with Gasteiger partial charge in [0, 0.05) is 35.6 Å². The van der Waals surface area contributed by atoms with Crippen LogP contribution in [0, 0.1) is 11.3 Å². The number of nitrogens with one attached hydrogen (secondary N) is 1. The molecule has 0 aromatic heterocycles. The molecule has 1 aromatic carbocycles. The quantitative estimate of drug-likeness (QED) is 0.677. The van der Waals surface area contributed by atoms with E-state index in [4.69, 9.17) is 0 Å². The lowest BCUT2D eigenvalue weighted by atomic mass is 10.1. The largest absolute Gasteiger partial charge is 0.396 e. The zero-order chi connectivity index (χ0) is 18.7. The summed E-state index contributed by atoms with van der Waals surface area (Å²) in [4.78, 5) is 14.8. The molecule has 1 aliphatic heterocycles. The normalized spacial score (nSPS) is 22.4. The Bertz CT molecular complexity index is 862. The highest BCUT2D eigenvalue weighted by Gasteiger charge is 2.44. The van der Waals surface area contributed by atoms with Crippen LogP contribution in [0.15, 0.2) is 21.5 Å². The number of halogens is 1. The summed E-state index contributed by atoms with van der Waals surface area (Å²) < 4.78 is 29.1. The molecule has 1 heterocycles. The monoisotopic (exact) mass is 442 g/mol. The minimum atomic E-state index is -3.84. The van der Waals surface area contributed by atoms with Gasteiger partial charge in [-0.05, 0) is 56.2 Å². The van der Waals surface area contributed by atoms with E-state index < -0.39 is 10.0 Å². The minimum absolute atomic E-state index is 0.0300. The molecular weight excluding hydrogens is 420 g/mol. The Balaban J connectivity index is 1.65. The molecule has 2 saturated carbocycles. The van der Waals surface area contributed by atoms with E-state index in [0.29, 0.717) is 22.5 Å². The van der Waals surface area contributed by atoms with Crippen LogP contribution < -0.4 is 4.72 Å². The number of carbonyl (C=O) groups excluding carboxylic acids is 1. The first-order valence-electron chi connectivity index (χ1n) is 9.00. The standard InChI is InChI=1S/C18H23BrN2O4S/c1-11(12-2-3-12)21-8-13-6-14(19)7-15(16(13)17(21)23)26(24,25)20-9-18(10-22)4-5-18/h6-7,11-12,20,22H,2-5,8-10H2,1H3/t11-/m0/s1. The van der Waals surface area contributed by atoms with Crippen LogP contribution in [0.4, 0.5) is 0 Å². The number of nitrogens with zero attached hydrogens (tertiary/aromatic N) is 1. The van der Waals surface area contributed by atoms with Crippen LogP contribution in [0.3, 0.4) is 0 Å². The highest BCUT2D eigenvalue weighted by Crippen LogP contribution is 2.45. The van der Waals surface area contributed by atoms with E-state index in [-0.39, 0.29) is 35.4 Å². The van der Waals surface area contributed by atoms with Gasteiger partial charge in [-0.25, -0.2) is 13.1 Å². The van der Waals surface area contributed by atoms with Crippen molar-refractivity contribution in [3.63, 3.8) is 0 Å². The second-order valence-electron chi connectivity index (χ2n) is 7.93. The van der Waals surface area contributed by atoms with Gasteiger partial charge in [-0.15, -0.1) is 0 Å². The van der Waals surface area contributed by atoms with Crippen molar-refractivity contribution in [2.75, 3.05) is 13.2 Å². The Labute approximate surface area is 162 Å². The van der Waals surface area contributed by atoms with Crippen molar-refractivity contribution < 1.29 is 18.3 Å². The molecule has 142 valence electrons. The molecular formula is C18H23BrN2O4S. The number of carbonyl (C=O) groups is 1. The van der Waals surface area contributed by atoms with Crippen molar-refractivity contribution in [1.29, 1.82) is 0 Å². The van der Waals surface area contributed by atoms with Gasteiger partial charge in [0.2, 0.25) is 10.0 Å². The zero-order valence-electron chi connectivity index (χ0n) is 14.7. The third-order valence-electron chi connectivity index (χ3n) is 5.98. The molecule has 1 amide bonds. The summed E-state index contributed by atoms with van der Waals surface area (Å²) in [5.74, 6) is 0.324. The molecule has 0 radical (unpaired) electrons. The molecule has 2 fully saturated rings. The molecule has 1 atom stereocenters. The molecule has 6 nitrogen and oxygen atoms in total. The van der Waals surface area contributed by atoms with Gasteiger partial charge in [0.1, 0.15) is 0 Å². The molecule has 2 aliphatic carbocycles. The van der Waals surface area contributed by atoms with E-state index in [9.17, 15) is 18.3 Å². The average Bonchev–Trinajstić information content (AvgIpc) is 3.51. The van der Waals surface area contributed by atoms with Gasteiger partial charge in [0.05, 0.1) is 10.5 Å². The third kappa shape index (κ3) is 3.21. The SMILES string of the molecule is C[C@@H](C1CC1)N1Cc2cc(Br)cc(S(=O)(=O)NCC3(CO)CC3)c2C1=O. The maximum absolute atomic E-state index is 13.0. The first kappa shape index (κ1) is 18.4. The number of sulfonamides is 1. The van der Waals surface area contributed by atoms with Gasteiger partial charge >= 0.3 is 0 Å². The van der Waals surface area contributed by atoms with Crippen molar-refractivity contribution in [3.8, 4) is 0 Å². The summed E-state index contributed by atoms with van der Waals surface area (Å²) in [6, 6.07) is 3.46. The first-order chi connectivity index (χ1) is 12.3. The van der Waals surface area contributed by atoms with Crippen LogP contribution in [0.25, 0.3) is 0 Å². The van der Waals surface area contributed by atoms with Crippen LogP contribution in [0.5, 0.6) is 0 Å². The number of amides is 1. The van der Waals surface area contributed by atoms with Gasteiger partial charge in [-0.2, -0.15) is 0 Å². The molecule has 26 heavy (non-hydrogen) atoms. The number of hydrogen-bond donors (Lipinski definition) is 2. The molecule has 0 unspecified atom stereocenters. The Morgan fingerprint density at radius 2 is 2.08 bits per heavy atom. The molecule has 2 N–H and O–H groups in total. The van der Waals surface area contributed by atoms with Gasteiger partial charge in [0.25, 0.3) is 5.91 Å². The Kier molecular flexibility index (Phi) is 4.45. The summed E-state index contributed by atoms with van der Waals surface area (Å²) in [6.45, 7) is 2.66. The molecule has 0 saturated heterocycles. The van der Waals surface area contributed by atoms with E-state index in [1.165, 1.54) is 6.07 Å². The van der Waals surface area contributed by atoms with Crippen molar-refractivity contribution in [2.45, 2.75) is 50.1 Å². The molecule has 0 spiro atoms. The second kappa shape index (κ2) is 6.29. The van der Waals surface area contributed by atoms with Gasteiger partial charge < -0.3 is 10.0 Å². The topological polar surface area (TPSA) is 86.7 Å². The smallest absolute Gasteiger partial charge is 0.256 e. The van der Waals surface area contributed by atoms with Crippen molar-refractivity contribution in [3.05, 3.63) is 27.7 Å². The van der Waals surface area contributed by atoms with E-state index in [1.54, 1.807) is 4.90 Å². The van der Waals surface area contributed by atoms with E-state index >= 15 is 0 Å². The van der Waals surface area contributed by atoms with Crippen molar-refractivity contribution >= 4 is 31.9 Å². The number of benzene rings is 1. The molecule has 1 aromatic rings. The summed E-state index contributed by atoms with van der Waals surface area (Å²) >= 11 is 3.38. The third-order valence-corrected chi connectivity index (χ3v) is 7.86. The molecule has 8 heteroatoms. The maximum Gasteiger partial charge on any atom is 0.256 e. The lowest BCUT2D eigenvalue weighted by molar-refractivity contribution is 0.0694. The van der Waals surface area contributed by atoms with Crippen molar-refractivity contribution in [2.24, 2.45) is 11.3 Å².